The van der Waals surface area contributed by atoms with Gasteiger partial charge in [0.2, 0.25) is 17.8 Å². The molecule has 0 aromatic carbocycles. The predicted octanol–water partition coefficient (Wildman–Crippen LogP) is 0.627. The number of aliphatic hydroxyl groups is 1. The number of nitrogens with one attached hydrogen (secondary N) is 1. The minimum atomic E-state index is 0.206. The highest BCUT2D eigenvalue weighted by Crippen LogP contribution is 2.28. The summed E-state index contributed by atoms with van der Waals surface area (Å²) in [6.07, 6.45) is 5.55. The number of nitrogens with zero attached hydrogens (tertiary/aromatic N) is 4. The minimum absolute atomic E-state index is 0.206. The van der Waals surface area contributed by atoms with Gasteiger partial charge in [0.1, 0.15) is 0 Å². The second kappa shape index (κ2) is 5.78. The van der Waals surface area contributed by atoms with Crippen LogP contribution >= 0.6 is 0 Å². The van der Waals surface area contributed by atoms with Crippen molar-refractivity contribution in [3.8, 4) is 0 Å². The number of hydrogen-bond acceptors (Lipinski definition) is 7. The molecule has 2 aliphatic rings. The first-order valence-corrected chi connectivity index (χ1v) is 7.40. The second-order valence-corrected chi connectivity index (χ2v) is 5.64. The quantitative estimate of drug-likeness (QED) is 0.742. The summed E-state index contributed by atoms with van der Waals surface area (Å²) in [7, 11) is 0. The molecule has 110 valence electrons. The first-order chi connectivity index (χ1) is 9.76. The molecule has 0 radical (unpaired) electrons. The third-order valence-electron chi connectivity index (χ3n) is 4.24. The lowest BCUT2D eigenvalue weighted by atomic mass is 10.1. The van der Waals surface area contributed by atoms with Gasteiger partial charge in [-0.25, -0.2) is 0 Å². The van der Waals surface area contributed by atoms with Gasteiger partial charge in [-0.2, -0.15) is 15.0 Å². The zero-order valence-corrected chi connectivity index (χ0v) is 11.6. The van der Waals surface area contributed by atoms with Gasteiger partial charge in [0.05, 0.1) is 0 Å². The Kier molecular flexibility index (Phi) is 3.86. The van der Waals surface area contributed by atoms with Crippen molar-refractivity contribution in [2.75, 3.05) is 35.6 Å². The maximum absolute atomic E-state index is 9.37. The molecule has 4 N–H and O–H groups in total. The van der Waals surface area contributed by atoms with E-state index >= 15 is 0 Å². The van der Waals surface area contributed by atoms with Crippen molar-refractivity contribution in [3.05, 3.63) is 0 Å². The topological polar surface area (TPSA) is 100 Å². The maximum Gasteiger partial charge on any atom is 0.231 e. The molecule has 1 aliphatic heterocycles. The number of rotatable bonds is 4. The van der Waals surface area contributed by atoms with Crippen molar-refractivity contribution in [1.82, 2.24) is 15.0 Å². The van der Waals surface area contributed by atoms with E-state index in [4.69, 9.17) is 5.73 Å². The molecule has 2 atom stereocenters. The van der Waals surface area contributed by atoms with Crippen LogP contribution in [0.4, 0.5) is 17.8 Å². The van der Waals surface area contributed by atoms with E-state index in [-0.39, 0.29) is 24.5 Å². The van der Waals surface area contributed by atoms with E-state index < -0.39 is 0 Å². The lowest BCUT2D eigenvalue weighted by Crippen LogP contribution is -2.28. The molecular weight excluding hydrogens is 256 g/mol. The van der Waals surface area contributed by atoms with Crippen LogP contribution in [0, 0.1) is 5.92 Å². The molecule has 2 unspecified atom stereocenters. The highest BCUT2D eigenvalue weighted by Gasteiger charge is 2.27. The normalized spacial score (nSPS) is 26.1. The second-order valence-electron chi connectivity index (χ2n) is 5.64. The lowest BCUT2D eigenvalue weighted by Gasteiger charge is -2.20. The fourth-order valence-corrected chi connectivity index (χ4v) is 3.11. The van der Waals surface area contributed by atoms with Crippen LogP contribution in [0.5, 0.6) is 0 Å². The number of nitrogen functional groups attached to an aromatic ring is 1. The SMILES string of the molecule is Nc1nc(NC2CCCC2CO)nc(N2CCCC2)n1. The summed E-state index contributed by atoms with van der Waals surface area (Å²) in [5.74, 6) is 1.73. The fourth-order valence-electron chi connectivity index (χ4n) is 3.11. The summed E-state index contributed by atoms with van der Waals surface area (Å²) in [6, 6.07) is 0.230. The van der Waals surface area contributed by atoms with Crippen LogP contribution in [-0.4, -0.2) is 45.8 Å². The van der Waals surface area contributed by atoms with Gasteiger partial charge >= 0.3 is 0 Å². The van der Waals surface area contributed by atoms with Crippen LogP contribution < -0.4 is 16.0 Å². The smallest absolute Gasteiger partial charge is 0.231 e. The molecule has 1 aromatic rings. The largest absolute Gasteiger partial charge is 0.396 e. The number of aromatic nitrogens is 3. The molecular formula is C13H22N6O. The van der Waals surface area contributed by atoms with Crippen molar-refractivity contribution in [1.29, 1.82) is 0 Å². The Labute approximate surface area is 118 Å². The molecule has 1 aromatic heterocycles. The Morgan fingerprint density at radius 3 is 2.70 bits per heavy atom. The molecule has 1 aliphatic carbocycles. The average molecular weight is 278 g/mol. The van der Waals surface area contributed by atoms with Gasteiger partial charge in [-0.05, 0) is 25.7 Å². The van der Waals surface area contributed by atoms with Gasteiger partial charge in [0.15, 0.2) is 0 Å². The molecule has 0 amide bonds. The Bertz CT molecular complexity index is 462. The van der Waals surface area contributed by atoms with Crippen LogP contribution in [-0.2, 0) is 0 Å². The highest BCUT2D eigenvalue weighted by molar-refractivity contribution is 5.43. The summed E-state index contributed by atoms with van der Waals surface area (Å²) in [6.45, 7) is 2.16. The summed E-state index contributed by atoms with van der Waals surface area (Å²) < 4.78 is 0. The standard InChI is InChI=1S/C13H22N6O/c14-11-16-12(15-10-5-3-4-9(10)8-20)18-13(17-11)19-6-1-2-7-19/h9-10,20H,1-8H2,(H3,14,15,16,17,18). The molecule has 1 saturated heterocycles. The molecule has 1 saturated carbocycles. The van der Waals surface area contributed by atoms with E-state index in [1.54, 1.807) is 0 Å². The van der Waals surface area contributed by atoms with Crippen molar-refractivity contribution < 1.29 is 5.11 Å². The van der Waals surface area contributed by atoms with Crippen molar-refractivity contribution in [2.45, 2.75) is 38.1 Å². The van der Waals surface area contributed by atoms with E-state index in [1.165, 1.54) is 12.8 Å². The van der Waals surface area contributed by atoms with Crippen LogP contribution in [0.1, 0.15) is 32.1 Å². The Morgan fingerprint density at radius 2 is 1.95 bits per heavy atom. The van der Waals surface area contributed by atoms with E-state index in [1.807, 2.05) is 0 Å². The molecule has 2 heterocycles. The fraction of sp³-hybridized carbons (Fsp3) is 0.769. The van der Waals surface area contributed by atoms with Crippen LogP contribution in [0.25, 0.3) is 0 Å². The average Bonchev–Trinajstić information content (AvgIpc) is 3.08. The van der Waals surface area contributed by atoms with Crippen molar-refractivity contribution in [3.63, 3.8) is 0 Å². The van der Waals surface area contributed by atoms with Crippen LogP contribution in [0.3, 0.4) is 0 Å². The summed E-state index contributed by atoms with van der Waals surface area (Å²) in [4.78, 5) is 15.0. The van der Waals surface area contributed by atoms with Gasteiger partial charge in [0.25, 0.3) is 0 Å². The summed E-state index contributed by atoms with van der Waals surface area (Å²) in [5.41, 5.74) is 5.79. The molecule has 2 fully saturated rings. The molecule has 7 heteroatoms. The summed E-state index contributed by atoms with van der Waals surface area (Å²) in [5, 5.41) is 12.7. The Balaban J connectivity index is 1.75. The summed E-state index contributed by atoms with van der Waals surface area (Å²) >= 11 is 0. The third kappa shape index (κ3) is 2.77. The minimum Gasteiger partial charge on any atom is -0.396 e. The van der Waals surface area contributed by atoms with Crippen molar-refractivity contribution >= 4 is 17.8 Å². The van der Waals surface area contributed by atoms with Gasteiger partial charge in [-0.3, -0.25) is 0 Å². The Hall–Kier alpha value is -1.63. The highest BCUT2D eigenvalue weighted by atomic mass is 16.3. The van der Waals surface area contributed by atoms with E-state index in [0.717, 1.165) is 32.4 Å². The number of anilines is 3. The molecule has 20 heavy (non-hydrogen) atoms. The number of aliphatic hydroxyl groups excluding tert-OH is 1. The predicted molar refractivity (Wildman–Crippen MR) is 77.5 cm³/mol. The zero-order valence-electron chi connectivity index (χ0n) is 11.6. The van der Waals surface area contributed by atoms with Gasteiger partial charge in [0, 0.05) is 31.7 Å². The monoisotopic (exact) mass is 278 g/mol. The molecule has 7 nitrogen and oxygen atoms in total. The molecule has 0 spiro atoms. The van der Waals surface area contributed by atoms with Gasteiger partial charge in [-0.1, -0.05) is 6.42 Å². The molecule has 3 rings (SSSR count). The third-order valence-corrected chi connectivity index (χ3v) is 4.24. The zero-order chi connectivity index (χ0) is 13.9. The lowest BCUT2D eigenvalue weighted by molar-refractivity contribution is 0.222. The maximum atomic E-state index is 9.37. The van der Waals surface area contributed by atoms with Gasteiger partial charge < -0.3 is 21.1 Å². The van der Waals surface area contributed by atoms with Crippen molar-refractivity contribution in [2.24, 2.45) is 5.92 Å². The number of hydrogen-bond donors (Lipinski definition) is 3. The Morgan fingerprint density at radius 1 is 1.15 bits per heavy atom. The van der Waals surface area contributed by atoms with Crippen LogP contribution in [0.15, 0.2) is 0 Å². The molecule has 0 bridgehead atoms. The first kappa shape index (κ1) is 13.4. The van der Waals surface area contributed by atoms with Gasteiger partial charge in [-0.15, -0.1) is 0 Å². The first-order valence-electron chi connectivity index (χ1n) is 7.40. The van der Waals surface area contributed by atoms with Crippen LogP contribution in [0.2, 0.25) is 0 Å². The van der Waals surface area contributed by atoms with E-state index in [9.17, 15) is 5.11 Å². The van der Waals surface area contributed by atoms with E-state index in [0.29, 0.717) is 11.9 Å². The van der Waals surface area contributed by atoms with E-state index in [2.05, 4.69) is 25.2 Å². The number of nitrogens with two attached hydrogens (primary N) is 1.